The number of aliphatic hydroxyl groups is 1. The summed E-state index contributed by atoms with van der Waals surface area (Å²) < 4.78 is 31.4. The molecule has 1 aromatic carbocycles. The fraction of sp³-hybridized carbons (Fsp3) is 0.476. The van der Waals surface area contributed by atoms with Gasteiger partial charge in [-0.05, 0) is 48.4 Å². The van der Waals surface area contributed by atoms with Gasteiger partial charge in [0.1, 0.15) is 11.9 Å². The predicted octanol–water partition coefficient (Wildman–Crippen LogP) is 4.10. The number of nitriles is 1. The van der Waals surface area contributed by atoms with Gasteiger partial charge in [-0.3, -0.25) is 4.79 Å². The average Bonchev–Trinajstić information content (AvgIpc) is 3.12. The van der Waals surface area contributed by atoms with Crippen molar-refractivity contribution >= 4 is 27.2 Å². The second-order valence-electron chi connectivity index (χ2n) is 8.42. The van der Waals surface area contributed by atoms with Crippen LogP contribution in [0.3, 0.4) is 0 Å². The van der Waals surface area contributed by atoms with Crippen LogP contribution in [0.2, 0.25) is 0 Å². The Kier molecular flexibility index (Phi) is 7.38. The maximum atomic E-state index is 14.9. The minimum absolute atomic E-state index is 0.0721. The molecule has 0 fully saturated rings. The van der Waals surface area contributed by atoms with Gasteiger partial charge in [0, 0.05) is 6.20 Å². The Hall–Kier alpha value is -2.19. The van der Waals surface area contributed by atoms with Crippen LogP contribution in [0.5, 0.6) is 0 Å². The lowest BCUT2D eigenvalue weighted by Crippen LogP contribution is -2.17. The Morgan fingerprint density at radius 2 is 2.00 bits per heavy atom. The van der Waals surface area contributed by atoms with Crippen LogP contribution in [0.15, 0.2) is 21.0 Å². The van der Waals surface area contributed by atoms with E-state index in [1.807, 2.05) is 19.9 Å². The van der Waals surface area contributed by atoms with Crippen molar-refractivity contribution in [3.63, 3.8) is 0 Å². The molecule has 2 rings (SSSR count). The van der Waals surface area contributed by atoms with Crippen molar-refractivity contribution in [3.8, 4) is 6.07 Å². The van der Waals surface area contributed by atoms with Crippen molar-refractivity contribution in [2.24, 2.45) is 9.50 Å². The number of amides is 1. The first kappa shape index (κ1) is 25.1. The number of nitrogens with two attached hydrogens (primary N) is 1. The van der Waals surface area contributed by atoms with Crippen LogP contribution in [0.1, 0.15) is 80.5 Å². The Labute approximate surface area is 186 Å². The van der Waals surface area contributed by atoms with E-state index in [4.69, 9.17) is 5.14 Å². The number of rotatable bonds is 6. The van der Waals surface area contributed by atoms with Gasteiger partial charge in [-0.1, -0.05) is 27.7 Å². The SMILES string of the molecule is CC(C)c1cc(C#N)c(F)c(C(C)C)c1CC(=O)N=S(N)(=O)c1ncc(C(C)(C)O)s1. The first-order chi connectivity index (χ1) is 14.2. The van der Waals surface area contributed by atoms with E-state index in [1.165, 1.54) is 12.3 Å². The number of hydrogen-bond donors (Lipinski definition) is 2. The van der Waals surface area contributed by atoms with Crippen LogP contribution in [-0.4, -0.2) is 20.2 Å². The van der Waals surface area contributed by atoms with E-state index in [0.29, 0.717) is 16.0 Å². The Morgan fingerprint density at radius 1 is 1.39 bits per heavy atom. The molecule has 1 amide bonds. The summed E-state index contributed by atoms with van der Waals surface area (Å²) in [6.45, 7) is 10.4. The third kappa shape index (κ3) is 5.54. The number of halogens is 1. The number of thiazole rings is 1. The van der Waals surface area contributed by atoms with Crippen LogP contribution in [0.25, 0.3) is 0 Å². The molecule has 0 aliphatic heterocycles. The highest BCUT2D eigenvalue weighted by Crippen LogP contribution is 2.33. The molecule has 1 unspecified atom stereocenters. The third-order valence-electron chi connectivity index (χ3n) is 4.67. The van der Waals surface area contributed by atoms with Crippen LogP contribution >= 0.6 is 11.3 Å². The quantitative estimate of drug-likeness (QED) is 0.662. The monoisotopic (exact) mass is 466 g/mol. The second kappa shape index (κ2) is 9.12. The fourth-order valence-electron chi connectivity index (χ4n) is 3.18. The molecular formula is C21H27FN4O3S2. The molecule has 1 heterocycles. The average molecular weight is 467 g/mol. The summed E-state index contributed by atoms with van der Waals surface area (Å²) in [6, 6.07) is 3.31. The predicted molar refractivity (Wildman–Crippen MR) is 118 cm³/mol. The molecule has 168 valence electrons. The lowest BCUT2D eigenvalue weighted by molar-refractivity contribution is -0.117. The highest BCUT2D eigenvalue weighted by molar-refractivity contribution is 7.93. The van der Waals surface area contributed by atoms with E-state index < -0.39 is 27.2 Å². The molecular weight excluding hydrogens is 439 g/mol. The maximum absolute atomic E-state index is 14.9. The van der Waals surface area contributed by atoms with Gasteiger partial charge in [-0.25, -0.2) is 18.7 Å². The van der Waals surface area contributed by atoms with Crippen LogP contribution < -0.4 is 5.14 Å². The van der Waals surface area contributed by atoms with Crippen molar-refractivity contribution in [1.82, 2.24) is 4.98 Å². The highest BCUT2D eigenvalue weighted by Gasteiger charge is 2.26. The molecule has 0 aliphatic carbocycles. The fourth-order valence-corrected chi connectivity index (χ4v) is 5.34. The van der Waals surface area contributed by atoms with Gasteiger partial charge in [-0.15, -0.1) is 15.7 Å². The molecule has 0 radical (unpaired) electrons. The van der Waals surface area contributed by atoms with Gasteiger partial charge < -0.3 is 5.11 Å². The smallest absolute Gasteiger partial charge is 0.259 e. The number of carbonyl (C=O) groups excluding carboxylic acids is 1. The van der Waals surface area contributed by atoms with E-state index in [2.05, 4.69) is 9.35 Å². The summed E-state index contributed by atoms with van der Waals surface area (Å²) >= 11 is 0.915. The van der Waals surface area contributed by atoms with E-state index in [-0.39, 0.29) is 33.7 Å². The topological polar surface area (TPSA) is 129 Å². The van der Waals surface area contributed by atoms with Crippen molar-refractivity contribution < 1.29 is 18.5 Å². The third-order valence-corrected chi connectivity index (χ3v) is 7.82. The zero-order chi connectivity index (χ0) is 23.7. The van der Waals surface area contributed by atoms with Gasteiger partial charge in [0.15, 0.2) is 9.92 Å². The van der Waals surface area contributed by atoms with E-state index >= 15 is 0 Å². The first-order valence-corrected chi connectivity index (χ1v) is 12.1. The summed E-state index contributed by atoms with van der Waals surface area (Å²) in [5.74, 6) is -1.80. The molecule has 31 heavy (non-hydrogen) atoms. The zero-order valence-corrected chi connectivity index (χ0v) is 20.0. The van der Waals surface area contributed by atoms with Gasteiger partial charge >= 0.3 is 0 Å². The molecule has 1 aromatic heterocycles. The lowest BCUT2D eigenvalue weighted by atomic mass is 9.85. The number of hydrogen-bond acceptors (Lipinski definition) is 6. The second-order valence-corrected chi connectivity index (χ2v) is 11.4. The molecule has 10 heteroatoms. The van der Waals surface area contributed by atoms with Crippen molar-refractivity contribution in [2.45, 2.75) is 69.7 Å². The number of aromatic nitrogens is 1. The Balaban J connectivity index is 2.54. The molecule has 2 aromatic rings. The van der Waals surface area contributed by atoms with Crippen molar-refractivity contribution in [2.75, 3.05) is 0 Å². The molecule has 1 atom stereocenters. The number of nitrogens with zero attached hydrogens (tertiary/aromatic N) is 3. The van der Waals surface area contributed by atoms with Gasteiger partial charge in [0.25, 0.3) is 5.91 Å². The normalized spacial score (nSPS) is 13.9. The van der Waals surface area contributed by atoms with Gasteiger partial charge in [0.05, 0.1) is 22.5 Å². The van der Waals surface area contributed by atoms with E-state index in [1.54, 1.807) is 27.7 Å². The zero-order valence-electron chi connectivity index (χ0n) is 18.4. The minimum atomic E-state index is -3.63. The van der Waals surface area contributed by atoms with E-state index in [0.717, 1.165) is 11.3 Å². The number of carbonyl (C=O) groups is 1. The lowest BCUT2D eigenvalue weighted by Gasteiger charge is -2.20. The largest absolute Gasteiger partial charge is 0.385 e. The molecule has 7 nitrogen and oxygen atoms in total. The molecule has 0 saturated heterocycles. The molecule has 0 bridgehead atoms. The Bertz CT molecular complexity index is 1160. The minimum Gasteiger partial charge on any atom is -0.385 e. The van der Waals surface area contributed by atoms with E-state index in [9.17, 15) is 23.8 Å². The standard InChI is InChI=1S/C21H27FN4O3S2/c1-11(2)14-7-13(9-23)19(22)18(12(3)4)15(14)8-17(27)26-31(24,29)20-25-10-16(30-20)21(5,6)28/h7,10-12,28H,8H2,1-6H3,(H2,24,26,27,29). The molecule has 0 saturated carbocycles. The summed E-state index contributed by atoms with van der Waals surface area (Å²) in [6.07, 6.45) is 1.04. The first-order valence-electron chi connectivity index (χ1n) is 9.70. The molecule has 3 N–H and O–H groups in total. The summed E-state index contributed by atoms with van der Waals surface area (Å²) in [7, 11) is -3.63. The molecule has 0 spiro atoms. The van der Waals surface area contributed by atoms with Gasteiger partial charge in [-0.2, -0.15) is 5.26 Å². The molecule has 0 aliphatic rings. The van der Waals surface area contributed by atoms with Crippen molar-refractivity contribution in [3.05, 3.63) is 45.2 Å². The van der Waals surface area contributed by atoms with Gasteiger partial charge in [0.2, 0.25) is 4.34 Å². The van der Waals surface area contributed by atoms with Crippen molar-refractivity contribution in [1.29, 1.82) is 5.26 Å². The van der Waals surface area contributed by atoms with Crippen LogP contribution in [0, 0.1) is 17.1 Å². The summed E-state index contributed by atoms with van der Waals surface area (Å²) in [5.41, 5.74) is 0.0841. The summed E-state index contributed by atoms with van der Waals surface area (Å²) in [4.78, 5) is 17.1. The summed E-state index contributed by atoms with van der Waals surface area (Å²) in [5, 5.41) is 25.2. The van der Waals surface area contributed by atoms with Crippen LogP contribution in [-0.2, 0) is 26.7 Å². The highest BCUT2D eigenvalue weighted by atomic mass is 32.2. The number of benzene rings is 1. The maximum Gasteiger partial charge on any atom is 0.259 e. The van der Waals surface area contributed by atoms with Crippen LogP contribution in [0.4, 0.5) is 4.39 Å². The Morgan fingerprint density at radius 3 is 2.45 bits per heavy atom.